The fourth-order valence-corrected chi connectivity index (χ4v) is 4.40. The summed E-state index contributed by atoms with van der Waals surface area (Å²) in [5, 5.41) is 24.1. The van der Waals surface area contributed by atoms with Crippen LogP contribution >= 0.6 is 11.3 Å². The van der Waals surface area contributed by atoms with Gasteiger partial charge in [-0.25, -0.2) is 4.81 Å². The zero-order valence-electron chi connectivity index (χ0n) is 15.1. The lowest BCUT2D eigenvalue weighted by Crippen LogP contribution is -2.27. The molecule has 0 saturated carbocycles. The second kappa shape index (κ2) is 8.92. The largest absolute Gasteiger partial charge is 0.662 e. The van der Waals surface area contributed by atoms with E-state index >= 15 is 0 Å². The number of hydrogen-bond acceptors (Lipinski definition) is 7. The summed E-state index contributed by atoms with van der Waals surface area (Å²) in [6.45, 7) is 2.21. The van der Waals surface area contributed by atoms with E-state index in [-0.39, 0.29) is 5.78 Å². The monoisotopic (exact) mass is 387 g/mol. The van der Waals surface area contributed by atoms with Crippen molar-refractivity contribution in [2.45, 2.75) is 19.3 Å². The molecule has 1 fully saturated rings. The smallest absolute Gasteiger partial charge is 0.400 e. The molecule has 0 spiro atoms. The number of hydrogen-bond donors (Lipinski definition) is 3. The number of Topliss-reactive ketones (excluding diaryl/α,β-unsaturated/α-hetero) is 1. The van der Waals surface area contributed by atoms with Gasteiger partial charge in [0.25, 0.3) is 0 Å². The van der Waals surface area contributed by atoms with Crippen LogP contribution in [0, 0.1) is 0 Å². The van der Waals surface area contributed by atoms with Crippen LogP contribution in [0.4, 0.5) is 0 Å². The van der Waals surface area contributed by atoms with Gasteiger partial charge in [-0.05, 0) is 48.0 Å². The van der Waals surface area contributed by atoms with Crippen LogP contribution in [0.15, 0.2) is 41.3 Å². The summed E-state index contributed by atoms with van der Waals surface area (Å²) in [5.41, 5.74) is 6.47. The number of likely N-dealkylation sites (tertiary alicyclic amines) is 1. The van der Waals surface area contributed by atoms with Gasteiger partial charge in [-0.2, -0.15) is 0 Å². The first kappa shape index (κ1) is 19.9. The van der Waals surface area contributed by atoms with Gasteiger partial charge in [0.2, 0.25) is 0 Å². The molecule has 2 aromatic rings. The summed E-state index contributed by atoms with van der Waals surface area (Å²) in [7, 11) is 0.122. The lowest BCUT2D eigenvalue weighted by Gasteiger charge is -2.27. The molecular formula is C19H22BNO5S. The van der Waals surface area contributed by atoms with Gasteiger partial charge in [0.05, 0.1) is 4.88 Å². The molecule has 27 heavy (non-hydrogen) atoms. The highest BCUT2D eigenvalue weighted by molar-refractivity contribution is 7.12. The molecule has 1 aromatic carbocycles. The van der Waals surface area contributed by atoms with Gasteiger partial charge >= 0.3 is 7.32 Å². The van der Waals surface area contributed by atoms with E-state index in [1.54, 1.807) is 11.3 Å². The average Bonchev–Trinajstić information content (AvgIpc) is 3.11. The summed E-state index contributed by atoms with van der Waals surface area (Å²) in [6.07, 6.45) is 2.73. The Labute approximate surface area is 162 Å². The van der Waals surface area contributed by atoms with E-state index in [2.05, 4.69) is 46.4 Å². The van der Waals surface area contributed by atoms with Crippen LogP contribution in [-0.2, 0) is 11.2 Å². The lowest BCUT2D eigenvalue weighted by atomic mass is 9.88. The Hall–Kier alpha value is -1.81. The van der Waals surface area contributed by atoms with Crippen LogP contribution in [0.25, 0.3) is 5.57 Å². The normalized spacial score (nSPS) is 16.8. The van der Waals surface area contributed by atoms with E-state index in [1.165, 1.54) is 27.8 Å². The van der Waals surface area contributed by atoms with Gasteiger partial charge in [0, 0.05) is 25.1 Å². The maximum Gasteiger partial charge on any atom is 0.662 e. The summed E-state index contributed by atoms with van der Waals surface area (Å²) in [5.74, 6) is 0.265. The Bertz CT molecular complexity index is 838. The van der Waals surface area contributed by atoms with Crippen LogP contribution in [0.5, 0.6) is 0 Å². The van der Waals surface area contributed by atoms with E-state index in [0.29, 0.717) is 6.42 Å². The van der Waals surface area contributed by atoms with Crippen LogP contribution in [0.1, 0.15) is 39.2 Å². The molecule has 0 atom stereocenters. The standard InChI is InChI=1S/C19H19NOS.BH3O4/c1-20-9-6-13(7-10-20)18-15-5-3-2-4-14(15)12-17(21)19-16(18)8-11-22-19;2-1(3)5-4/h2-5,8,11H,6-7,9-10,12H2,1H3;2-4H. The molecule has 1 aliphatic heterocycles. The van der Waals surface area contributed by atoms with Gasteiger partial charge in [0.15, 0.2) is 5.78 Å². The molecule has 0 amide bonds. The number of carbonyl (C=O) groups is 1. The van der Waals surface area contributed by atoms with E-state index in [1.807, 2.05) is 6.07 Å². The Morgan fingerprint density at radius 3 is 2.44 bits per heavy atom. The molecule has 1 aliphatic carbocycles. The molecule has 8 heteroatoms. The Kier molecular flexibility index (Phi) is 6.59. The first-order chi connectivity index (χ1) is 13.0. The van der Waals surface area contributed by atoms with Crippen LogP contribution in [-0.4, -0.2) is 53.4 Å². The van der Waals surface area contributed by atoms with Crippen molar-refractivity contribution in [1.29, 1.82) is 0 Å². The molecule has 4 rings (SSSR count). The van der Waals surface area contributed by atoms with E-state index in [9.17, 15) is 4.79 Å². The molecular weight excluding hydrogens is 365 g/mol. The van der Waals surface area contributed by atoms with Crippen molar-refractivity contribution < 1.29 is 24.9 Å². The fourth-order valence-electron chi connectivity index (χ4n) is 3.56. The number of fused-ring (bicyclic) bond motifs is 2. The zero-order chi connectivity index (χ0) is 19.4. The van der Waals surface area contributed by atoms with Crippen LogP contribution in [0.2, 0.25) is 0 Å². The van der Waals surface area contributed by atoms with Crippen molar-refractivity contribution >= 4 is 30.0 Å². The van der Waals surface area contributed by atoms with E-state index in [4.69, 9.17) is 15.3 Å². The van der Waals surface area contributed by atoms with Crippen molar-refractivity contribution in [1.82, 2.24) is 4.90 Å². The number of piperidine rings is 1. The maximum atomic E-state index is 12.6. The van der Waals surface area contributed by atoms with Gasteiger partial charge in [0.1, 0.15) is 0 Å². The average molecular weight is 387 g/mol. The first-order valence-corrected chi connectivity index (χ1v) is 9.65. The summed E-state index contributed by atoms with van der Waals surface area (Å²) < 4.78 is 0. The maximum absolute atomic E-state index is 12.6. The number of carbonyl (C=O) groups excluding carboxylic acids is 1. The molecule has 0 unspecified atom stereocenters. The third-order valence-corrected chi connectivity index (χ3v) is 5.82. The van der Waals surface area contributed by atoms with Crippen LogP contribution in [0.3, 0.4) is 0 Å². The van der Waals surface area contributed by atoms with Gasteiger partial charge in [-0.1, -0.05) is 29.8 Å². The SMILES string of the molecule is CN1CCC(=C2c3ccccc3CC(=O)c3sccc32)CC1.OOB(O)O. The predicted octanol–water partition coefficient (Wildman–Crippen LogP) is 2.46. The quantitative estimate of drug-likeness (QED) is 0.396. The topological polar surface area (TPSA) is 90.2 Å². The molecule has 1 aromatic heterocycles. The van der Waals surface area contributed by atoms with Crippen molar-refractivity contribution in [2.75, 3.05) is 20.1 Å². The Balaban J connectivity index is 0.000000376. The Morgan fingerprint density at radius 1 is 1.11 bits per heavy atom. The number of ketones is 1. The second-order valence-electron chi connectivity index (χ2n) is 6.63. The number of rotatable bonds is 1. The van der Waals surface area contributed by atoms with Gasteiger partial charge in [-0.3, -0.25) is 10.1 Å². The van der Waals surface area contributed by atoms with E-state index < -0.39 is 7.32 Å². The number of thiophene rings is 1. The van der Waals surface area contributed by atoms with Gasteiger partial charge in [-0.15, -0.1) is 11.3 Å². The summed E-state index contributed by atoms with van der Waals surface area (Å²) in [6, 6.07) is 10.6. The highest BCUT2D eigenvalue weighted by Crippen LogP contribution is 2.40. The van der Waals surface area contributed by atoms with Gasteiger partial charge < -0.3 is 14.9 Å². The molecule has 1 saturated heterocycles. The third-order valence-electron chi connectivity index (χ3n) is 4.86. The molecule has 0 radical (unpaired) electrons. The highest BCUT2D eigenvalue weighted by atomic mass is 32.1. The molecule has 6 nitrogen and oxygen atoms in total. The second-order valence-corrected chi connectivity index (χ2v) is 7.55. The lowest BCUT2D eigenvalue weighted by molar-refractivity contribution is -0.173. The van der Waals surface area contributed by atoms with Crippen molar-refractivity contribution in [3.63, 3.8) is 0 Å². The van der Waals surface area contributed by atoms with E-state index in [0.717, 1.165) is 30.8 Å². The Morgan fingerprint density at radius 2 is 1.78 bits per heavy atom. The molecule has 142 valence electrons. The fraction of sp³-hybridized carbons (Fsp3) is 0.316. The minimum Gasteiger partial charge on any atom is -0.400 e. The summed E-state index contributed by atoms with van der Waals surface area (Å²) >= 11 is 1.59. The van der Waals surface area contributed by atoms with Crippen molar-refractivity contribution in [3.8, 4) is 0 Å². The highest BCUT2D eigenvalue weighted by Gasteiger charge is 2.27. The minimum atomic E-state index is -2.06. The zero-order valence-corrected chi connectivity index (χ0v) is 15.9. The molecule has 0 bridgehead atoms. The minimum absolute atomic E-state index is 0.265. The molecule has 3 N–H and O–H groups in total. The first-order valence-electron chi connectivity index (χ1n) is 8.77. The van der Waals surface area contributed by atoms with Crippen molar-refractivity contribution in [2.24, 2.45) is 0 Å². The molecule has 2 aliphatic rings. The summed E-state index contributed by atoms with van der Waals surface area (Å²) in [4.78, 5) is 18.8. The van der Waals surface area contributed by atoms with Crippen LogP contribution < -0.4 is 0 Å². The number of nitrogens with zero attached hydrogens (tertiary/aromatic N) is 1. The van der Waals surface area contributed by atoms with Crippen molar-refractivity contribution in [3.05, 3.63) is 62.9 Å². The third kappa shape index (κ3) is 4.55. The molecule has 2 heterocycles. The number of benzene rings is 1. The predicted molar refractivity (Wildman–Crippen MR) is 105 cm³/mol.